The molecule has 5 nitrogen and oxygen atoms in total. The fourth-order valence-electron chi connectivity index (χ4n) is 2.50. The summed E-state index contributed by atoms with van der Waals surface area (Å²) in [6.45, 7) is 2.27. The maximum absolute atomic E-state index is 5.89. The number of aryl methyl sites for hydroxylation is 3. The van der Waals surface area contributed by atoms with Gasteiger partial charge in [-0.05, 0) is 49.4 Å². The Kier molecular flexibility index (Phi) is 3.41. The lowest BCUT2D eigenvalue weighted by Crippen LogP contribution is -2.22. The lowest BCUT2D eigenvalue weighted by Gasteiger charge is -2.07. The van der Waals surface area contributed by atoms with Gasteiger partial charge in [0.15, 0.2) is 5.96 Å². The van der Waals surface area contributed by atoms with Gasteiger partial charge in [0.05, 0.1) is 6.54 Å². The molecular weight excluding hydrogens is 252 g/mol. The minimum atomic E-state index is 0.392. The van der Waals surface area contributed by atoms with Crippen molar-refractivity contribution in [3.63, 3.8) is 0 Å². The Balaban J connectivity index is 1.64. The van der Waals surface area contributed by atoms with Crippen LogP contribution in [-0.4, -0.2) is 11.1 Å². The predicted molar refractivity (Wildman–Crippen MR) is 78.7 cm³/mol. The summed E-state index contributed by atoms with van der Waals surface area (Å²) in [7, 11) is 0. The molecule has 1 aliphatic carbocycles. The van der Waals surface area contributed by atoms with Crippen molar-refractivity contribution in [1.82, 2.24) is 5.16 Å². The van der Waals surface area contributed by atoms with Crippen LogP contribution in [0.1, 0.15) is 29.0 Å². The molecule has 1 aromatic heterocycles. The van der Waals surface area contributed by atoms with Gasteiger partial charge in [-0.25, -0.2) is 4.99 Å². The molecule has 0 spiro atoms. The third kappa shape index (κ3) is 2.82. The van der Waals surface area contributed by atoms with Crippen LogP contribution in [0.15, 0.2) is 33.8 Å². The third-order valence-corrected chi connectivity index (χ3v) is 3.46. The minimum absolute atomic E-state index is 0.392. The van der Waals surface area contributed by atoms with E-state index < -0.39 is 0 Å². The molecule has 0 saturated heterocycles. The molecule has 0 aliphatic heterocycles. The third-order valence-electron chi connectivity index (χ3n) is 3.46. The summed E-state index contributed by atoms with van der Waals surface area (Å²) in [5, 5.41) is 6.99. The van der Waals surface area contributed by atoms with Gasteiger partial charge in [0.25, 0.3) is 0 Å². The van der Waals surface area contributed by atoms with Gasteiger partial charge in [0, 0.05) is 11.8 Å². The monoisotopic (exact) mass is 270 g/mol. The molecule has 0 amide bonds. The number of hydrogen-bond donors (Lipinski definition) is 2. The Bertz CT molecular complexity index is 645. The van der Waals surface area contributed by atoms with Crippen LogP contribution in [0.4, 0.5) is 5.69 Å². The first-order valence-electron chi connectivity index (χ1n) is 6.81. The smallest absolute Gasteiger partial charge is 0.193 e. The fourth-order valence-corrected chi connectivity index (χ4v) is 2.50. The predicted octanol–water partition coefficient (Wildman–Crippen LogP) is 2.40. The molecule has 1 heterocycles. The number of fused-ring (bicyclic) bond motifs is 1. The van der Waals surface area contributed by atoms with E-state index in [1.807, 2.05) is 19.1 Å². The van der Waals surface area contributed by atoms with Gasteiger partial charge in [0.2, 0.25) is 0 Å². The molecule has 0 atom stereocenters. The summed E-state index contributed by atoms with van der Waals surface area (Å²) in [5.74, 6) is 1.17. The molecular formula is C15H18N4O. The number of nitrogens with two attached hydrogens (primary N) is 1. The van der Waals surface area contributed by atoms with E-state index in [1.54, 1.807) is 0 Å². The highest BCUT2D eigenvalue weighted by Gasteiger charge is 2.10. The van der Waals surface area contributed by atoms with Crippen LogP contribution in [-0.2, 0) is 19.4 Å². The molecule has 0 fully saturated rings. The van der Waals surface area contributed by atoms with E-state index in [9.17, 15) is 0 Å². The quantitative estimate of drug-likeness (QED) is 0.663. The van der Waals surface area contributed by atoms with Gasteiger partial charge in [-0.1, -0.05) is 11.2 Å². The van der Waals surface area contributed by atoms with Crippen molar-refractivity contribution in [2.45, 2.75) is 32.7 Å². The molecule has 104 valence electrons. The number of aliphatic imine (C=N–C) groups is 1. The van der Waals surface area contributed by atoms with Crippen LogP contribution in [0, 0.1) is 6.92 Å². The van der Waals surface area contributed by atoms with E-state index in [4.69, 9.17) is 10.3 Å². The maximum atomic E-state index is 5.89. The summed E-state index contributed by atoms with van der Waals surface area (Å²) in [6, 6.07) is 8.23. The molecule has 0 unspecified atom stereocenters. The van der Waals surface area contributed by atoms with Gasteiger partial charge in [-0.2, -0.15) is 0 Å². The van der Waals surface area contributed by atoms with E-state index in [2.05, 4.69) is 27.6 Å². The zero-order valence-electron chi connectivity index (χ0n) is 11.5. The summed E-state index contributed by atoms with van der Waals surface area (Å²) in [4.78, 5) is 4.26. The number of hydrogen-bond acceptors (Lipinski definition) is 3. The number of nitrogens with zero attached hydrogens (tertiary/aromatic N) is 2. The molecule has 20 heavy (non-hydrogen) atoms. The Hall–Kier alpha value is -2.30. The van der Waals surface area contributed by atoms with Gasteiger partial charge in [0.1, 0.15) is 11.5 Å². The largest absolute Gasteiger partial charge is 0.370 e. The fraction of sp³-hybridized carbons (Fsp3) is 0.333. The van der Waals surface area contributed by atoms with Crippen molar-refractivity contribution in [3.8, 4) is 0 Å². The highest BCUT2D eigenvalue weighted by Crippen LogP contribution is 2.24. The molecule has 3 N–H and O–H groups in total. The highest BCUT2D eigenvalue weighted by molar-refractivity contribution is 5.92. The average molecular weight is 270 g/mol. The normalized spacial score (nSPS) is 14.3. The first-order valence-corrected chi connectivity index (χ1v) is 6.81. The summed E-state index contributed by atoms with van der Waals surface area (Å²) in [6.07, 6.45) is 3.58. The standard InChI is InChI=1S/C15H18N4O/c1-10-7-14(19-20-10)9-17-15(16)18-13-6-5-11-3-2-4-12(11)8-13/h5-8H,2-4,9H2,1H3,(H3,16,17,18). The van der Waals surface area contributed by atoms with E-state index in [1.165, 1.54) is 24.0 Å². The number of aromatic nitrogens is 1. The van der Waals surface area contributed by atoms with E-state index in [0.29, 0.717) is 12.5 Å². The van der Waals surface area contributed by atoms with Crippen LogP contribution in [0.5, 0.6) is 0 Å². The van der Waals surface area contributed by atoms with Crippen molar-refractivity contribution >= 4 is 11.6 Å². The van der Waals surface area contributed by atoms with Crippen LogP contribution in [0.25, 0.3) is 0 Å². The average Bonchev–Trinajstić information content (AvgIpc) is 3.04. The first kappa shape index (κ1) is 12.7. The second-order valence-electron chi connectivity index (χ2n) is 5.09. The Morgan fingerprint density at radius 1 is 1.35 bits per heavy atom. The van der Waals surface area contributed by atoms with Crippen molar-refractivity contribution in [2.24, 2.45) is 10.7 Å². The van der Waals surface area contributed by atoms with Gasteiger partial charge in [-0.3, -0.25) is 0 Å². The SMILES string of the molecule is Cc1cc(CN=C(N)Nc2ccc3c(c2)CCC3)no1. The molecule has 0 saturated carbocycles. The lowest BCUT2D eigenvalue weighted by atomic mass is 10.1. The van der Waals surface area contributed by atoms with Crippen LogP contribution in [0.3, 0.4) is 0 Å². The topological polar surface area (TPSA) is 76.4 Å². The summed E-state index contributed by atoms with van der Waals surface area (Å²) < 4.78 is 4.98. The van der Waals surface area contributed by atoms with Crippen molar-refractivity contribution in [1.29, 1.82) is 0 Å². The van der Waals surface area contributed by atoms with Crippen LogP contribution in [0.2, 0.25) is 0 Å². The van der Waals surface area contributed by atoms with Gasteiger partial charge < -0.3 is 15.6 Å². The molecule has 1 aromatic carbocycles. The number of nitrogens with one attached hydrogen (secondary N) is 1. The van der Waals surface area contributed by atoms with E-state index >= 15 is 0 Å². The van der Waals surface area contributed by atoms with Crippen molar-refractivity contribution in [2.75, 3.05) is 5.32 Å². The second-order valence-corrected chi connectivity index (χ2v) is 5.09. The van der Waals surface area contributed by atoms with Crippen LogP contribution < -0.4 is 11.1 Å². The van der Waals surface area contributed by atoms with E-state index in [0.717, 1.165) is 23.6 Å². The molecule has 5 heteroatoms. The minimum Gasteiger partial charge on any atom is -0.370 e. The second kappa shape index (κ2) is 5.36. The zero-order valence-corrected chi connectivity index (χ0v) is 11.5. The Morgan fingerprint density at radius 2 is 2.20 bits per heavy atom. The summed E-state index contributed by atoms with van der Waals surface area (Å²) in [5.41, 5.74) is 10.5. The maximum Gasteiger partial charge on any atom is 0.193 e. The van der Waals surface area contributed by atoms with Crippen LogP contribution >= 0.6 is 0 Å². The molecule has 0 bridgehead atoms. The van der Waals surface area contributed by atoms with E-state index in [-0.39, 0.29) is 0 Å². The Morgan fingerprint density at radius 3 is 3.00 bits per heavy atom. The molecule has 1 aliphatic rings. The van der Waals surface area contributed by atoms with Gasteiger partial charge in [-0.15, -0.1) is 0 Å². The molecule has 3 rings (SSSR count). The summed E-state index contributed by atoms with van der Waals surface area (Å²) >= 11 is 0. The zero-order chi connectivity index (χ0) is 13.9. The first-order chi connectivity index (χ1) is 9.70. The highest BCUT2D eigenvalue weighted by atomic mass is 16.5. The van der Waals surface area contributed by atoms with Gasteiger partial charge >= 0.3 is 0 Å². The number of benzene rings is 1. The molecule has 0 radical (unpaired) electrons. The molecule has 2 aromatic rings. The van der Waals surface area contributed by atoms with Crippen molar-refractivity contribution in [3.05, 3.63) is 46.8 Å². The van der Waals surface area contributed by atoms with Crippen molar-refractivity contribution < 1.29 is 4.52 Å². The number of rotatable bonds is 3. The number of guanidine groups is 1. The lowest BCUT2D eigenvalue weighted by molar-refractivity contribution is 0.391. The number of anilines is 1. The Labute approximate surface area is 117 Å².